The third-order valence-electron chi connectivity index (χ3n) is 4.25. The first-order chi connectivity index (χ1) is 11.6. The van der Waals surface area contributed by atoms with Crippen molar-refractivity contribution in [1.82, 2.24) is 35.6 Å². The number of nitrogens with zero attached hydrogens (tertiary/aromatic N) is 6. The lowest BCUT2D eigenvalue weighted by Gasteiger charge is -2.21. The number of H-pyrrole nitrogens is 1. The van der Waals surface area contributed by atoms with E-state index in [9.17, 15) is 9.90 Å². The topological polar surface area (TPSA) is 122 Å². The van der Waals surface area contributed by atoms with E-state index in [1.165, 1.54) is 0 Å². The first-order valence-corrected chi connectivity index (χ1v) is 7.85. The molecule has 0 saturated carbocycles. The largest absolute Gasteiger partial charge is 0.481 e. The van der Waals surface area contributed by atoms with E-state index in [0.717, 1.165) is 23.0 Å². The maximum absolute atomic E-state index is 11.7. The van der Waals surface area contributed by atoms with Crippen LogP contribution in [0.5, 0.6) is 0 Å². The highest BCUT2D eigenvalue weighted by molar-refractivity contribution is 5.75. The molecule has 3 aromatic rings. The highest BCUT2D eigenvalue weighted by atomic mass is 16.4. The van der Waals surface area contributed by atoms with Gasteiger partial charge in [-0.05, 0) is 41.0 Å². The minimum absolute atomic E-state index is 0.323. The summed E-state index contributed by atoms with van der Waals surface area (Å²) in [6.45, 7) is 1.97. The number of nitrogens with one attached hydrogen (secondary N) is 1. The summed E-state index contributed by atoms with van der Waals surface area (Å²) in [5, 5.41) is 31.6. The fourth-order valence-electron chi connectivity index (χ4n) is 3.02. The molecule has 24 heavy (non-hydrogen) atoms. The molecule has 2 heterocycles. The summed E-state index contributed by atoms with van der Waals surface area (Å²) in [5.74, 6) is -1.21. The second-order valence-electron chi connectivity index (χ2n) is 5.87. The standard InChI is InChI=1S/C15H19N7O2/c1-3-4-10(15(23)24)11(14-17-19-20-18-14)7-9-5-6-12-13(8-9)22(2)21-16-12/h5-6,8,10-11H,3-4,7H2,1-2H3,(H,23,24)(H,17,18,19,20)/t10-,11-/m0/s1. The van der Waals surface area contributed by atoms with Crippen molar-refractivity contribution >= 4 is 17.0 Å². The smallest absolute Gasteiger partial charge is 0.307 e. The summed E-state index contributed by atoms with van der Waals surface area (Å²) < 4.78 is 1.70. The van der Waals surface area contributed by atoms with Crippen LogP contribution in [0.1, 0.15) is 37.1 Å². The third kappa shape index (κ3) is 3.10. The highest BCUT2D eigenvalue weighted by Crippen LogP contribution is 2.30. The van der Waals surface area contributed by atoms with Gasteiger partial charge in [-0.15, -0.1) is 10.2 Å². The van der Waals surface area contributed by atoms with Gasteiger partial charge in [-0.1, -0.05) is 24.6 Å². The van der Waals surface area contributed by atoms with Crippen molar-refractivity contribution in [3.05, 3.63) is 29.6 Å². The van der Waals surface area contributed by atoms with Crippen molar-refractivity contribution in [3.8, 4) is 0 Å². The Balaban J connectivity index is 1.95. The van der Waals surface area contributed by atoms with Crippen molar-refractivity contribution in [2.24, 2.45) is 13.0 Å². The number of rotatable bonds is 7. The number of hydrogen-bond donors (Lipinski definition) is 2. The molecule has 1 aromatic carbocycles. The number of aliphatic carboxylic acids is 1. The van der Waals surface area contributed by atoms with Crippen LogP contribution >= 0.6 is 0 Å². The molecule has 126 valence electrons. The van der Waals surface area contributed by atoms with Crippen LogP contribution in [0, 0.1) is 5.92 Å². The summed E-state index contributed by atoms with van der Waals surface area (Å²) in [5.41, 5.74) is 2.71. The van der Waals surface area contributed by atoms with Crippen molar-refractivity contribution in [1.29, 1.82) is 0 Å². The summed E-state index contributed by atoms with van der Waals surface area (Å²) in [4.78, 5) is 11.7. The van der Waals surface area contributed by atoms with E-state index >= 15 is 0 Å². The Kier molecular flexibility index (Phi) is 4.50. The van der Waals surface area contributed by atoms with Crippen LogP contribution in [0.25, 0.3) is 11.0 Å². The van der Waals surface area contributed by atoms with Crippen molar-refractivity contribution in [2.75, 3.05) is 0 Å². The van der Waals surface area contributed by atoms with E-state index in [1.54, 1.807) is 4.68 Å². The van der Waals surface area contributed by atoms with E-state index in [0.29, 0.717) is 18.7 Å². The van der Waals surface area contributed by atoms with Gasteiger partial charge in [0.25, 0.3) is 0 Å². The zero-order valence-electron chi connectivity index (χ0n) is 13.5. The number of aryl methyl sites for hydroxylation is 1. The Morgan fingerprint density at radius 3 is 2.88 bits per heavy atom. The SMILES string of the molecule is CCC[C@H](C(=O)O)[C@H](Cc1ccc2nnn(C)c2c1)c1nnn[nH]1. The van der Waals surface area contributed by atoms with Gasteiger partial charge in [-0.25, -0.2) is 9.78 Å². The summed E-state index contributed by atoms with van der Waals surface area (Å²) in [7, 11) is 1.83. The highest BCUT2D eigenvalue weighted by Gasteiger charge is 2.31. The molecule has 0 fully saturated rings. The summed E-state index contributed by atoms with van der Waals surface area (Å²) >= 11 is 0. The second kappa shape index (κ2) is 6.73. The van der Waals surface area contributed by atoms with E-state index in [4.69, 9.17) is 0 Å². The first kappa shape index (κ1) is 16.0. The molecular weight excluding hydrogens is 310 g/mol. The van der Waals surface area contributed by atoms with Gasteiger partial charge in [0, 0.05) is 13.0 Å². The van der Waals surface area contributed by atoms with E-state index < -0.39 is 11.9 Å². The van der Waals surface area contributed by atoms with Gasteiger partial charge in [-0.3, -0.25) is 4.79 Å². The number of carboxylic acids is 1. The first-order valence-electron chi connectivity index (χ1n) is 7.85. The fraction of sp³-hybridized carbons (Fsp3) is 0.467. The van der Waals surface area contributed by atoms with Gasteiger partial charge < -0.3 is 5.11 Å². The number of fused-ring (bicyclic) bond motifs is 1. The van der Waals surface area contributed by atoms with Crippen molar-refractivity contribution in [2.45, 2.75) is 32.1 Å². The molecule has 2 aromatic heterocycles. The molecule has 0 aliphatic heterocycles. The Morgan fingerprint density at radius 1 is 1.38 bits per heavy atom. The van der Waals surface area contributed by atoms with Crippen LogP contribution in [0.4, 0.5) is 0 Å². The summed E-state index contributed by atoms with van der Waals surface area (Å²) in [6.07, 6.45) is 1.87. The average Bonchev–Trinajstić information content (AvgIpc) is 3.21. The number of tetrazole rings is 1. The molecular formula is C15H19N7O2. The molecule has 0 radical (unpaired) electrons. The fourth-order valence-corrected chi connectivity index (χ4v) is 3.02. The van der Waals surface area contributed by atoms with E-state index in [2.05, 4.69) is 30.9 Å². The minimum Gasteiger partial charge on any atom is -0.481 e. The molecule has 0 amide bonds. The molecule has 3 rings (SSSR count). The molecule has 0 aliphatic carbocycles. The lowest BCUT2D eigenvalue weighted by molar-refractivity contribution is -0.142. The summed E-state index contributed by atoms with van der Waals surface area (Å²) in [6, 6.07) is 5.82. The Hall–Kier alpha value is -2.84. The Bertz CT molecular complexity index is 828. The molecule has 0 saturated heterocycles. The van der Waals surface area contributed by atoms with Gasteiger partial charge in [0.15, 0.2) is 5.82 Å². The zero-order chi connectivity index (χ0) is 17.1. The quantitative estimate of drug-likeness (QED) is 0.670. The molecule has 0 unspecified atom stereocenters. The number of carboxylic acid groups (broad SMARTS) is 1. The number of aromatic amines is 1. The maximum Gasteiger partial charge on any atom is 0.307 e. The van der Waals surface area contributed by atoms with Crippen molar-refractivity contribution in [3.63, 3.8) is 0 Å². The molecule has 9 heteroatoms. The predicted molar refractivity (Wildman–Crippen MR) is 85.2 cm³/mol. The van der Waals surface area contributed by atoms with Crippen LogP contribution in [-0.4, -0.2) is 46.7 Å². The molecule has 2 N–H and O–H groups in total. The number of carbonyl (C=O) groups is 1. The second-order valence-corrected chi connectivity index (χ2v) is 5.87. The normalized spacial score (nSPS) is 13.9. The van der Waals surface area contributed by atoms with Gasteiger partial charge in [0.1, 0.15) is 5.52 Å². The Labute approximate surface area is 138 Å². The van der Waals surface area contributed by atoms with Gasteiger partial charge in [0.2, 0.25) is 0 Å². The van der Waals surface area contributed by atoms with Crippen LogP contribution in [0.2, 0.25) is 0 Å². The van der Waals surface area contributed by atoms with Crippen LogP contribution in [-0.2, 0) is 18.3 Å². The van der Waals surface area contributed by atoms with Gasteiger partial charge in [0.05, 0.1) is 11.4 Å². The molecule has 9 nitrogen and oxygen atoms in total. The van der Waals surface area contributed by atoms with Crippen LogP contribution in [0.3, 0.4) is 0 Å². The zero-order valence-corrected chi connectivity index (χ0v) is 13.5. The van der Waals surface area contributed by atoms with Crippen molar-refractivity contribution < 1.29 is 9.90 Å². The van der Waals surface area contributed by atoms with E-state index in [-0.39, 0.29) is 5.92 Å². The number of benzene rings is 1. The predicted octanol–water partition coefficient (Wildman–Crippen LogP) is 1.31. The lowest BCUT2D eigenvalue weighted by atomic mass is 9.83. The molecule has 2 atom stereocenters. The molecule has 0 aliphatic rings. The average molecular weight is 329 g/mol. The van der Waals surface area contributed by atoms with E-state index in [1.807, 2.05) is 32.2 Å². The molecule has 0 bridgehead atoms. The minimum atomic E-state index is -0.832. The molecule has 0 spiro atoms. The van der Waals surface area contributed by atoms with Gasteiger partial charge in [-0.2, -0.15) is 0 Å². The monoisotopic (exact) mass is 329 g/mol. The number of hydrogen-bond acceptors (Lipinski definition) is 6. The van der Waals surface area contributed by atoms with Crippen LogP contribution < -0.4 is 0 Å². The Morgan fingerprint density at radius 2 is 2.21 bits per heavy atom. The third-order valence-corrected chi connectivity index (χ3v) is 4.25. The maximum atomic E-state index is 11.7. The van der Waals surface area contributed by atoms with Crippen LogP contribution in [0.15, 0.2) is 18.2 Å². The lowest BCUT2D eigenvalue weighted by Crippen LogP contribution is -2.25. The van der Waals surface area contributed by atoms with Gasteiger partial charge >= 0.3 is 5.97 Å². The number of aromatic nitrogens is 7.